The lowest BCUT2D eigenvalue weighted by atomic mass is 9.98. The van der Waals surface area contributed by atoms with Crippen molar-refractivity contribution in [2.24, 2.45) is 0 Å². The van der Waals surface area contributed by atoms with Crippen molar-refractivity contribution in [1.82, 2.24) is 19.8 Å². The number of carbonyl (C=O) groups is 1. The van der Waals surface area contributed by atoms with Gasteiger partial charge in [0.2, 0.25) is 6.41 Å². The Bertz CT molecular complexity index is 1640. The molecule has 44 heavy (non-hydrogen) atoms. The first-order valence-corrected chi connectivity index (χ1v) is 15.5. The van der Waals surface area contributed by atoms with Crippen LogP contribution >= 0.6 is 0 Å². The second-order valence-corrected chi connectivity index (χ2v) is 12.4. The molecule has 1 atom stereocenters. The van der Waals surface area contributed by atoms with Crippen LogP contribution in [0.5, 0.6) is 0 Å². The molecule has 0 saturated heterocycles. The number of aromatic nitrogens is 2. The quantitative estimate of drug-likeness (QED) is 0.212. The first-order valence-electron chi connectivity index (χ1n) is 15.5. The SMILES string of the molecule is CCn1c(CNC(=O)OCC2c3ccccc3-c3ccccc32)nc2ccc(C3=CCN(C(OC)OC(C)(C)C)CC3)cc21. The fourth-order valence-electron chi connectivity index (χ4n) is 6.37. The van der Waals surface area contributed by atoms with Gasteiger partial charge in [0, 0.05) is 32.7 Å². The highest BCUT2D eigenvalue weighted by Gasteiger charge is 2.29. The average molecular weight is 595 g/mol. The molecule has 0 radical (unpaired) electrons. The minimum Gasteiger partial charge on any atom is -0.449 e. The van der Waals surface area contributed by atoms with E-state index in [4.69, 9.17) is 19.2 Å². The number of imidazole rings is 1. The summed E-state index contributed by atoms with van der Waals surface area (Å²) in [7, 11) is 1.69. The maximum atomic E-state index is 12.8. The molecule has 1 unspecified atom stereocenters. The normalized spacial score (nSPS) is 16.0. The zero-order valence-electron chi connectivity index (χ0n) is 26.3. The van der Waals surface area contributed by atoms with E-state index in [2.05, 4.69) is 82.4 Å². The van der Waals surface area contributed by atoms with Gasteiger partial charge >= 0.3 is 6.09 Å². The van der Waals surface area contributed by atoms with E-state index in [-0.39, 0.29) is 24.5 Å². The molecule has 1 aromatic heterocycles. The highest BCUT2D eigenvalue weighted by molar-refractivity contribution is 5.82. The van der Waals surface area contributed by atoms with E-state index < -0.39 is 6.09 Å². The van der Waals surface area contributed by atoms with Gasteiger partial charge < -0.3 is 24.1 Å². The summed E-state index contributed by atoms with van der Waals surface area (Å²) in [5, 5.41) is 2.94. The first kappa shape index (κ1) is 30.1. The maximum Gasteiger partial charge on any atom is 0.407 e. The topological polar surface area (TPSA) is 77.9 Å². The van der Waals surface area contributed by atoms with Crippen molar-refractivity contribution in [3.05, 3.63) is 95.3 Å². The zero-order chi connectivity index (χ0) is 30.8. The molecule has 1 aliphatic heterocycles. The van der Waals surface area contributed by atoms with Crippen LogP contribution in [0.25, 0.3) is 27.7 Å². The second-order valence-electron chi connectivity index (χ2n) is 12.4. The third-order valence-electron chi connectivity index (χ3n) is 8.44. The second kappa shape index (κ2) is 12.6. The molecule has 8 nitrogen and oxygen atoms in total. The van der Waals surface area contributed by atoms with E-state index in [1.807, 2.05) is 32.9 Å². The number of fused-ring (bicyclic) bond motifs is 4. The molecule has 0 bridgehead atoms. The van der Waals surface area contributed by atoms with Crippen LogP contribution in [0.15, 0.2) is 72.8 Å². The molecule has 0 spiro atoms. The molecule has 4 aromatic rings. The molecule has 1 N–H and O–H groups in total. The van der Waals surface area contributed by atoms with Crippen LogP contribution in [0.3, 0.4) is 0 Å². The number of nitrogens with one attached hydrogen (secondary N) is 1. The lowest BCUT2D eigenvalue weighted by Gasteiger charge is -2.36. The Balaban J connectivity index is 1.10. The number of ether oxygens (including phenoxy) is 3. The van der Waals surface area contributed by atoms with Crippen molar-refractivity contribution >= 4 is 22.7 Å². The van der Waals surface area contributed by atoms with Gasteiger partial charge in [0.1, 0.15) is 12.4 Å². The summed E-state index contributed by atoms with van der Waals surface area (Å²) in [6.45, 7) is 11.1. The molecule has 3 aromatic carbocycles. The van der Waals surface area contributed by atoms with Gasteiger partial charge in [0.15, 0.2) is 0 Å². The fraction of sp³-hybridized carbons (Fsp3) is 0.389. The van der Waals surface area contributed by atoms with Crippen LogP contribution in [0.2, 0.25) is 0 Å². The zero-order valence-corrected chi connectivity index (χ0v) is 26.3. The monoisotopic (exact) mass is 594 g/mol. The van der Waals surface area contributed by atoms with Crippen LogP contribution in [0.1, 0.15) is 62.5 Å². The predicted octanol–water partition coefficient (Wildman–Crippen LogP) is 6.93. The molecular formula is C36H42N4O4. The number of carbonyl (C=O) groups excluding carboxylic acids is 1. The summed E-state index contributed by atoms with van der Waals surface area (Å²) in [4.78, 5) is 19.9. The minimum atomic E-state index is -0.441. The summed E-state index contributed by atoms with van der Waals surface area (Å²) in [6.07, 6.45) is 2.34. The number of benzene rings is 3. The first-order chi connectivity index (χ1) is 21.3. The summed E-state index contributed by atoms with van der Waals surface area (Å²) >= 11 is 0. The third kappa shape index (κ3) is 6.15. The number of alkyl carbamates (subject to hydrolysis) is 1. The Labute approximate surface area is 259 Å². The Morgan fingerprint density at radius 2 is 1.75 bits per heavy atom. The van der Waals surface area contributed by atoms with Crippen molar-refractivity contribution in [1.29, 1.82) is 0 Å². The largest absolute Gasteiger partial charge is 0.449 e. The molecule has 1 amide bonds. The molecular weight excluding hydrogens is 552 g/mol. The molecule has 8 heteroatoms. The summed E-state index contributed by atoms with van der Waals surface area (Å²) < 4.78 is 19.6. The van der Waals surface area contributed by atoms with Gasteiger partial charge in [-0.25, -0.2) is 9.78 Å². The Hall–Kier alpha value is -3.98. The van der Waals surface area contributed by atoms with E-state index in [1.165, 1.54) is 33.4 Å². The Morgan fingerprint density at radius 3 is 2.36 bits per heavy atom. The Kier molecular flexibility index (Phi) is 8.58. The number of rotatable bonds is 9. The van der Waals surface area contributed by atoms with Gasteiger partial charge in [-0.05, 0) is 79.6 Å². The van der Waals surface area contributed by atoms with Crippen molar-refractivity contribution in [3.8, 4) is 11.1 Å². The van der Waals surface area contributed by atoms with E-state index in [0.717, 1.165) is 42.9 Å². The lowest BCUT2D eigenvalue weighted by Crippen LogP contribution is -2.44. The van der Waals surface area contributed by atoms with Crippen molar-refractivity contribution in [3.63, 3.8) is 0 Å². The lowest BCUT2D eigenvalue weighted by molar-refractivity contribution is -0.250. The summed E-state index contributed by atoms with van der Waals surface area (Å²) in [5.74, 6) is 0.832. The molecule has 230 valence electrons. The van der Waals surface area contributed by atoms with Gasteiger partial charge in [0.25, 0.3) is 0 Å². The minimum absolute atomic E-state index is 0.0272. The smallest absolute Gasteiger partial charge is 0.407 e. The van der Waals surface area contributed by atoms with E-state index in [0.29, 0.717) is 6.54 Å². The molecule has 2 heterocycles. The molecule has 6 rings (SSSR count). The van der Waals surface area contributed by atoms with E-state index in [9.17, 15) is 4.79 Å². The summed E-state index contributed by atoms with van der Waals surface area (Å²) in [6, 6.07) is 23.1. The van der Waals surface area contributed by atoms with Gasteiger partial charge in [-0.3, -0.25) is 4.90 Å². The summed E-state index contributed by atoms with van der Waals surface area (Å²) in [5.41, 5.74) is 8.99. The number of hydrogen-bond donors (Lipinski definition) is 1. The average Bonchev–Trinajstić information content (AvgIpc) is 3.55. The van der Waals surface area contributed by atoms with Gasteiger partial charge in [-0.1, -0.05) is 60.7 Å². The highest BCUT2D eigenvalue weighted by Crippen LogP contribution is 2.44. The van der Waals surface area contributed by atoms with Gasteiger partial charge in [-0.2, -0.15) is 0 Å². The fourth-order valence-corrected chi connectivity index (χ4v) is 6.37. The molecule has 2 aliphatic rings. The number of methoxy groups -OCH3 is 1. The molecule has 0 saturated carbocycles. The van der Waals surface area contributed by atoms with Crippen molar-refractivity contribution in [2.75, 3.05) is 26.8 Å². The number of aryl methyl sites for hydroxylation is 1. The van der Waals surface area contributed by atoms with E-state index in [1.54, 1.807) is 7.11 Å². The van der Waals surface area contributed by atoms with Crippen LogP contribution in [-0.4, -0.2) is 59.4 Å². The standard InChI is InChI=1S/C36H42N4O4/c1-6-40-32-21-25(24-17-19-39(20-18-24)35(42-5)44-36(2,3)4)15-16-31(32)38-33(40)22-37-34(41)43-23-30-28-13-9-7-11-26(28)27-12-8-10-14-29(27)30/h7-17,21,30,35H,6,18-20,22-23H2,1-5H3,(H,37,41). The number of amides is 1. The van der Waals surface area contributed by atoms with Crippen LogP contribution in [-0.2, 0) is 27.3 Å². The Morgan fingerprint density at radius 1 is 1.05 bits per heavy atom. The maximum absolute atomic E-state index is 12.8. The van der Waals surface area contributed by atoms with Gasteiger partial charge in [-0.15, -0.1) is 0 Å². The van der Waals surface area contributed by atoms with E-state index >= 15 is 0 Å². The van der Waals surface area contributed by atoms with Crippen molar-refractivity contribution < 1.29 is 19.0 Å². The van der Waals surface area contributed by atoms with Crippen LogP contribution in [0, 0.1) is 0 Å². The van der Waals surface area contributed by atoms with Crippen LogP contribution in [0.4, 0.5) is 4.79 Å². The predicted molar refractivity (Wildman–Crippen MR) is 173 cm³/mol. The number of nitrogens with zero attached hydrogens (tertiary/aromatic N) is 3. The molecule has 1 aliphatic carbocycles. The van der Waals surface area contributed by atoms with Crippen molar-refractivity contribution in [2.45, 2.75) is 65.1 Å². The third-order valence-corrected chi connectivity index (χ3v) is 8.44. The van der Waals surface area contributed by atoms with Gasteiger partial charge in [0.05, 0.1) is 23.2 Å². The number of hydrogen-bond acceptors (Lipinski definition) is 6. The molecule has 0 fully saturated rings. The highest BCUT2D eigenvalue weighted by atomic mass is 16.7. The van der Waals surface area contributed by atoms with Crippen LogP contribution < -0.4 is 5.32 Å².